The van der Waals surface area contributed by atoms with E-state index in [0.29, 0.717) is 5.92 Å². The summed E-state index contributed by atoms with van der Waals surface area (Å²) in [6.07, 6.45) is 5.90. The van der Waals surface area contributed by atoms with Gasteiger partial charge in [0.1, 0.15) is 0 Å². The lowest BCUT2D eigenvalue weighted by molar-refractivity contribution is 0.108. The lowest BCUT2D eigenvalue weighted by atomic mass is 9.84. The van der Waals surface area contributed by atoms with Crippen molar-refractivity contribution >= 4 is 6.09 Å². The van der Waals surface area contributed by atoms with E-state index in [0.717, 1.165) is 19.3 Å². The second-order valence-electron chi connectivity index (χ2n) is 5.88. The van der Waals surface area contributed by atoms with Crippen LogP contribution >= 0.6 is 0 Å². The molecular formula is C16H21NO2. The highest BCUT2D eigenvalue weighted by atomic mass is 16.4. The number of hydrogen-bond acceptors (Lipinski definition) is 1. The molecule has 1 heterocycles. The molecule has 3 heteroatoms. The van der Waals surface area contributed by atoms with Crippen molar-refractivity contribution in [1.82, 2.24) is 4.90 Å². The Labute approximate surface area is 114 Å². The number of carboxylic acid groups (broad SMARTS) is 1. The zero-order chi connectivity index (χ0) is 13.2. The summed E-state index contributed by atoms with van der Waals surface area (Å²) in [4.78, 5) is 13.3. The summed E-state index contributed by atoms with van der Waals surface area (Å²) >= 11 is 0. The molecule has 3 unspecified atom stereocenters. The van der Waals surface area contributed by atoms with Gasteiger partial charge in [0.25, 0.3) is 0 Å². The first-order valence-corrected chi connectivity index (χ1v) is 7.31. The molecule has 1 saturated heterocycles. The fourth-order valence-electron chi connectivity index (χ4n) is 3.93. The molecule has 0 bridgehead atoms. The summed E-state index contributed by atoms with van der Waals surface area (Å²) in [5, 5.41) is 9.53. The van der Waals surface area contributed by atoms with Crippen molar-refractivity contribution in [1.29, 1.82) is 0 Å². The molecule has 102 valence electrons. The Hall–Kier alpha value is -1.51. The van der Waals surface area contributed by atoms with Crippen LogP contribution in [0.5, 0.6) is 0 Å². The first-order valence-electron chi connectivity index (χ1n) is 7.31. The number of fused-ring (bicyclic) bond motifs is 1. The van der Waals surface area contributed by atoms with E-state index in [1.165, 1.54) is 24.8 Å². The van der Waals surface area contributed by atoms with Gasteiger partial charge in [0.05, 0.1) is 0 Å². The van der Waals surface area contributed by atoms with Gasteiger partial charge < -0.3 is 10.0 Å². The monoisotopic (exact) mass is 259 g/mol. The van der Waals surface area contributed by atoms with Gasteiger partial charge in [-0.25, -0.2) is 4.79 Å². The first-order chi connectivity index (χ1) is 9.25. The molecule has 1 aromatic carbocycles. The maximum Gasteiger partial charge on any atom is 0.407 e. The average molecular weight is 259 g/mol. The fraction of sp³-hybridized carbons (Fsp3) is 0.562. The van der Waals surface area contributed by atoms with Crippen molar-refractivity contribution in [2.75, 3.05) is 0 Å². The van der Waals surface area contributed by atoms with Gasteiger partial charge in [-0.05, 0) is 37.2 Å². The van der Waals surface area contributed by atoms with E-state index in [1.807, 2.05) is 18.2 Å². The summed E-state index contributed by atoms with van der Waals surface area (Å²) in [6.45, 7) is 0. The normalized spacial score (nSPS) is 30.1. The van der Waals surface area contributed by atoms with E-state index < -0.39 is 6.09 Å². The van der Waals surface area contributed by atoms with Crippen LogP contribution in [0.3, 0.4) is 0 Å². The zero-order valence-electron chi connectivity index (χ0n) is 11.2. The predicted molar refractivity (Wildman–Crippen MR) is 74.2 cm³/mol. The maximum absolute atomic E-state index is 11.6. The van der Waals surface area contributed by atoms with E-state index in [1.54, 1.807) is 4.90 Å². The van der Waals surface area contributed by atoms with Gasteiger partial charge in [0.2, 0.25) is 0 Å². The number of nitrogens with zero attached hydrogens (tertiary/aromatic N) is 1. The van der Waals surface area contributed by atoms with Gasteiger partial charge in [-0.3, -0.25) is 0 Å². The molecule has 0 radical (unpaired) electrons. The molecule has 1 N–H and O–H groups in total. The van der Waals surface area contributed by atoms with Crippen LogP contribution in [0.4, 0.5) is 4.79 Å². The minimum atomic E-state index is -0.727. The largest absolute Gasteiger partial charge is 0.465 e. The van der Waals surface area contributed by atoms with Crippen LogP contribution in [-0.2, 0) is 6.42 Å². The van der Waals surface area contributed by atoms with Crippen molar-refractivity contribution in [3.05, 3.63) is 35.9 Å². The molecule has 1 aliphatic heterocycles. The number of hydrogen-bond donors (Lipinski definition) is 1. The predicted octanol–water partition coefficient (Wildman–Crippen LogP) is 3.54. The van der Waals surface area contributed by atoms with Crippen molar-refractivity contribution in [3.8, 4) is 0 Å². The van der Waals surface area contributed by atoms with E-state index in [4.69, 9.17) is 0 Å². The van der Waals surface area contributed by atoms with Crippen LogP contribution < -0.4 is 0 Å². The van der Waals surface area contributed by atoms with Crippen molar-refractivity contribution in [2.24, 2.45) is 5.92 Å². The molecular weight excluding hydrogens is 238 g/mol. The van der Waals surface area contributed by atoms with Crippen LogP contribution in [0.1, 0.15) is 37.7 Å². The van der Waals surface area contributed by atoms with Gasteiger partial charge in [-0.15, -0.1) is 0 Å². The van der Waals surface area contributed by atoms with Crippen LogP contribution in [0.2, 0.25) is 0 Å². The quantitative estimate of drug-likeness (QED) is 0.882. The van der Waals surface area contributed by atoms with Crippen molar-refractivity contribution < 1.29 is 9.90 Å². The lowest BCUT2D eigenvalue weighted by Crippen LogP contribution is -2.43. The van der Waals surface area contributed by atoms with Crippen LogP contribution in [0, 0.1) is 5.92 Å². The Morgan fingerprint density at radius 1 is 1.21 bits per heavy atom. The molecule has 0 aromatic heterocycles. The number of amides is 1. The van der Waals surface area contributed by atoms with Crippen LogP contribution in [0.25, 0.3) is 0 Å². The fourth-order valence-corrected chi connectivity index (χ4v) is 3.93. The van der Waals surface area contributed by atoms with Crippen molar-refractivity contribution in [2.45, 2.75) is 50.6 Å². The van der Waals surface area contributed by atoms with Crippen molar-refractivity contribution in [3.63, 3.8) is 0 Å². The smallest absolute Gasteiger partial charge is 0.407 e. The van der Waals surface area contributed by atoms with Gasteiger partial charge >= 0.3 is 6.09 Å². The average Bonchev–Trinajstić information content (AvgIpc) is 2.77. The first kappa shape index (κ1) is 12.5. The van der Waals surface area contributed by atoms with Gasteiger partial charge in [-0.1, -0.05) is 43.2 Å². The summed E-state index contributed by atoms with van der Waals surface area (Å²) < 4.78 is 0. The molecule has 3 nitrogen and oxygen atoms in total. The summed E-state index contributed by atoms with van der Waals surface area (Å²) in [6, 6.07) is 10.7. The van der Waals surface area contributed by atoms with E-state index in [9.17, 15) is 9.90 Å². The van der Waals surface area contributed by atoms with Gasteiger partial charge in [0.15, 0.2) is 0 Å². The van der Waals surface area contributed by atoms with E-state index in [-0.39, 0.29) is 12.1 Å². The second-order valence-corrected chi connectivity index (χ2v) is 5.88. The molecule has 2 aliphatic rings. The second kappa shape index (κ2) is 5.24. The zero-order valence-corrected chi connectivity index (χ0v) is 11.2. The summed E-state index contributed by atoms with van der Waals surface area (Å²) in [5.74, 6) is 0.596. The summed E-state index contributed by atoms with van der Waals surface area (Å²) in [7, 11) is 0. The number of carbonyl (C=O) groups is 1. The Morgan fingerprint density at radius 3 is 2.68 bits per heavy atom. The number of rotatable bonds is 2. The highest BCUT2D eigenvalue weighted by Gasteiger charge is 2.44. The third-order valence-electron chi connectivity index (χ3n) is 4.73. The topological polar surface area (TPSA) is 40.5 Å². The van der Waals surface area contributed by atoms with Gasteiger partial charge in [-0.2, -0.15) is 0 Å². The minimum Gasteiger partial charge on any atom is -0.465 e. The molecule has 1 saturated carbocycles. The van der Waals surface area contributed by atoms with Crippen LogP contribution in [0.15, 0.2) is 30.3 Å². The standard InChI is InChI=1S/C16H21NO2/c18-16(19)17-14(10-12-6-2-1-3-7-12)11-13-8-4-5-9-15(13)17/h1-3,6-7,13-15H,4-5,8-11H2,(H,18,19). The summed E-state index contributed by atoms with van der Waals surface area (Å²) in [5.41, 5.74) is 1.25. The SMILES string of the molecule is O=C(O)N1C(Cc2ccccc2)CC2CCCCC21. The Kier molecular flexibility index (Phi) is 3.45. The molecule has 0 spiro atoms. The molecule has 2 fully saturated rings. The Morgan fingerprint density at radius 2 is 1.95 bits per heavy atom. The molecule has 1 aromatic rings. The highest BCUT2D eigenvalue weighted by molar-refractivity contribution is 5.66. The molecule has 1 amide bonds. The number of likely N-dealkylation sites (tertiary alicyclic amines) is 1. The Balaban J connectivity index is 1.78. The van der Waals surface area contributed by atoms with Gasteiger partial charge in [0, 0.05) is 12.1 Å². The van der Waals surface area contributed by atoms with E-state index in [2.05, 4.69) is 12.1 Å². The third kappa shape index (κ3) is 2.46. The molecule has 19 heavy (non-hydrogen) atoms. The van der Waals surface area contributed by atoms with E-state index >= 15 is 0 Å². The number of benzene rings is 1. The molecule has 3 rings (SSSR count). The van der Waals surface area contributed by atoms with Crippen LogP contribution in [-0.4, -0.2) is 28.2 Å². The highest BCUT2D eigenvalue weighted by Crippen LogP contribution is 2.40. The minimum absolute atomic E-state index is 0.174. The molecule has 3 atom stereocenters. The Bertz CT molecular complexity index is 445. The maximum atomic E-state index is 11.6. The molecule has 1 aliphatic carbocycles. The lowest BCUT2D eigenvalue weighted by Gasteiger charge is -2.31. The third-order valence-corrected chi connectivity index (χ3v) is 4.73.